The molecule has 0 atom stereocenters. The van der Waals surface area contributed by atoms with Crippen LogP contribution in [-0.2, 0) is 21.7 Å². The van der Waals surface area contributed by atoms with Gasteiger partial charge in [-0.15, -0.1) is 0 Å². The summed E-state index contributed by atoms with van der Waals surface area (Å²) in [4.78, 5) is 4.85. The first-order valence-electron chi connectivity index (χ1n) is 22.0. The van der Waals surface area contributed by atoms with Crippen molar-refractivity contribution in [2.24, 2.45) is 0 Å². The first-order chi connectivity index (χ1) is 28.7. The number of nitrogens with zero attached hydrogens (tertiary/aromatic N) is 2. The molecule has 60 heavy (non-hydrogen) atoms. The van der Waals surface area contributed by atoms with E-state index in [1.807, 2.05) is 0 Å². The molecule has 2 aliphatic rings. The largest absolute Gasteiger partial charge is 0.310 e. The van der Waals surface area contributed by atoms with Crippen molar-refractivity contribution >= 4 is 34.1 Å². The van der Waals surface area contributed by atoms with Gasteiger partial charge in [-0.2, -0.15) is 0 Å². The molecule has 0 bridgehead atoms. The Balaban J connectivity index is 1.08. The van der Waals surface area contributed by atoms with Crippen LogP contribution in [0.1, 0.15) is 103 Å². The van der Waals surface area contributed by atoms with Crippen LogP contribution in [0.25, 0.3) is 22.3 Å². The predicted octanol–water partition coefficient (Wildman–Crippen LogP) is 16.7. The highest BCUT2D eigenvalue weighted by Crippen LogP contribution is 2.50. The second kappa shape index (κ2) is 15.0. The minimum atomic E-state index is 0.109. The molecule has 0 unspecified atom stereocenters. The molecule has 0 saturated heterocycles. The fourth-order valence-electron chi connectivity index (χ4n) is 9.96. The molecule has 302 valence electrons. The highest BCUT2D eigenvalue weighted by Gasteiger charge is 2.39. The van der Waals surface area contributed by atoms with Crippen LogP contribution in [0.2, 0.25) is 0 Å². The van der Waals surface area contributed by atoms with Gasteiger partial charge in [0.1, 0.15) is 0 Å². The summed E-state index contributed by atoms with van der Waals surface area (Å²) >= 11 is 0. The maximum absolute atomic E-state index is 2.47. The van der Waals surface area contributed by atoms with E-state index in [1.54, 1.807) is 0 Å². The standard InChI is InChI=1S/C58H60N2/c1-55(2)34-36-57(5,6)53-39-49(30-32-51(53)55)59(45-19-13-10-14-20-45)46-26-22-42(23-27-46)43-24-28-47(29-25-43)60(48-21-15-18-44(38-48)41-16-11-9-12-17-41)50-31-33-52-54(40-50)58(7,8)37-35-56(52,3)4/h9-33,38-40H,34-37H2,1-8H3. The first kappa shape index (κ1) is 39.6. The normalized spacial score (nSPS) is 16.9. The summed E-state index contributed by atoms with van der Waals surface area (Å²) in [7, 11) is 0. The third-order valence-corrected chi connectivity index (χ3v) is 14.0. The van der Waals surface area contributed by atoms with Gasteiger partial charge in [-0.05, 0) is 165 Å². The maximum atomic E-state index is 2.47. The fourth-order valence-corrected chi connectivity index (χ4v) is 9.96. The average Bonchev–Trinajstić information content (AvgIpc) is 3.26. The molecule has 2 nitrogen and oxygen atoms in total. The highest BCUT2D eigenvalue weighted by molar-refractivity contribution is 5.83. The lowest BCUT2D eigenvalue weighted by atomic mass is 9.63. The molecule has 0 N–H and O–H groups in total. The quantitative estimate of drug-likeness (QED) is 0.151. The lowest BCUT2D eigenvalue weighted by Crippen LogP contribution is -2.34. The zero-order chi connectivity index (χ0) is 41.9. The Hall–Kier alpha value is -5.86. The molecule has 0 heterocycles. The summed E-state index contributed by atoms with van der Waals surface area (Å²) in [6.07, 6.45) is 4.78. The van der Waals surface area contributed by atoms with E-state index in [4.69, 9.17) is 0 Å². The molecule has 0 saturated carbocycles. The van der Waals surface area contributed by atoms with Crippen molar-refractivity contribution in [1.82, 2.24) is 0 Å². The van der Waals surface area contributed by atoms with Crippen molar-refractivity contribution in [2.75, 3.05) is 9.80 Å². The van der Waals surface area contributed by atoms with Crippen LogP contribution in [0.5, 0.6) is 0 Å². The summed E-state index contributed by atoms with van der Waals surface area (Å²) in [5.41, 5.74) is 18.3. The van der Waals surface area contributed by atoms with Crippen LogP contribution in [0, 0.1) is 0 Å². The molecule has 0 spiro atoms. The van der Waals surface area contributed by atoms with Gasteiger partial charge in [-0.25, -0.2) is 0 Å². The molecule has 2 aliphatic carbocycles. The Bertz CT molecular complexity index is 2630. The van der Waals surface area contributed by atoms with Gasteiger partial charge in [0.2, 0.25) is 0 Å². The van der Waals surface area contributed by atoms with Crippen molar-refractivity contribution in [2.45, 2.75) is 103 Å². The lowest BCUT2D eigenvalue weighted by Gasteiger charge is -2.42. The zero-order valence-electron chi connectivity index (χ0n) is 36.9. The second-order valence-corrected chi connectivity index (χ2v) is 20.0. The minimum absolute atomic E-state index is 0.109. The van der Waals surface area contributed by atoms with Crippen molar-refractivity contribution in [1.29, 1.82) is 0 Å². The topological polar surface area (TPSA) is 6.48 Å². The van der Waals surface area contributed by atoms with E-state index in [0.717, 1.165) is 22.7 Å². The first-order valence-corrected chi connectivity index (χ1v) is 22.0. The monoisotopic (exact) mass is 784 g/mol. The average molecular weight is 785 g/mol. The van der Waals surface area contributed by atoms with E-state index in [-0.39, 0.29) is 21.7 Å². The number of anilines is 6. The maximum Gasteiger partial charge on any atom is 0.0467 e. The van der Waals surface area contributed by atoms with E-state index in [2.05, 4.69) is 235 Å². The lowest BCUT2D eigenvalue weighted by molar-refractivity contribution is 0.332. The Kier molecular flexibility index (Phi) is 9.90. The van der Waals surface area contributed by atoms with Gasteiger partial charge in [0.05, 0.1) is 0 Å². The van der Waals surface area contributed by atoms with Crippen molar-refractivity contribution in [3.63, 3.8) is 0 Å². The van der Waals surface area contributed by atoms with E-state index in [9.17, 15) is 0 Å². The number of fused-ring (bicyclic) bond motifs is 2. The van der Waals surface area contributed by atoms with E-state index in [0.29, 0.717) is 0 Å². The van der Waals surface area contributed by atoms with Gasteiger partial charge in [0.25, 0.3) is 0 Å². The second-order valence-electron chi connectivity index (χ2n) is 20.0. The van der Waals surface area contributed by atoms with Crippen LogP contribution in [0.4, 0.5) is 34.1 Å². The van der Waals surface area contributed by atoms with Crippen LogP contribution < -0.4 is 9.80 Å². The van der Waals surface area contributed by atoms with E-state index in [1.165, 1.54) is 81.6 Å². The van der Waals surface area contributed by atoms with Gasteiger partial charge in [0.15, 0.2) is 0 Å². The van der Waals surface area contributed by atoms with Gasteiger partial charge >= 0.3 is 0 Å². The SMILES string of the molecule is CC1(C)CCC(C)(C)c2cc(N(c3ccccc3)c3ccc(-c4ccc(N(c5cccc(-c6ccccc6)c5)c5ccc6c(c5)C(C)(C)CCC6(C)C)cc4)cc3)ccc21. The van der Waals surface area contributed by atoms with Crippen molar-refractivity contribution < 1.29 is 0 Å². The summed E-state index contributed by atoms with van der Waals surface area (Å²) in [5, 5.41) is 0. The number of hydrogen-bond acceptors (Lipinski definition) is 2. The number of hydrogen-bond donors (Lipinski definition) is 0. The van der Waals surface area contributed by atoms with Gasteiger partial charge in [0, 0.05) is 34.1 Å². The molecular weight excluding hydrogens is 725 g/mol. The highest BCUT2D eigenvalue weighted by atomic mass is 15.1. The molecule has 2 heteroatoms. The third kappa shape index (κ3) is 7.36. The zero-order valence-corrected chi connectivity index (χ0v) is 36.9. The van der Waals surface area contributed by atoms with Crippen LogP contribution in [0.3, 0.4) is 0 Å². The minimum Gasteiger partial charge on any atom is -0.310 e. The fraction of sp³-hybridized carbons (Fsp3) is 0.276. The summed E-state index contributed by atoms with van der Waals surface area (Å²) in [5.74, 6) is 0. The number of para-hydroxylation sites is 1. The van der Waals surface area contributed by atoms with Crippen LogP contribution in [0.15, 0.2) is 170 Å². The van der Waals surface area contributed by atoms with E-state index < -0.39 is 0 Å². The molecule has 0 radical (unpaired) electrons. The van der Waals surface area contributed by atoms with Crippen molar-refractivity contribution in [3.05, 3.63) is 192 Å². The van der Waals surface area contributed by atoms with Crippen LogP contribution >= 0.6 is 0 Å². The molecule has 0 aliphatic heterocycles. The van der Waals surface area contributed by atoms with Crippen molar-refractivity contribution in [3.8, 4) is 22.3 Å². The number of rotatable bonds is 8. The Morgan fingerprint density at radius 1 is 0.267 bits per heavy atom. The molecule has 0 fully saturated rings. The molecular formula is C58H60N2. The molecule has 0 amide bonds. The van der Waals surface area contributed by atoms with Crippen LogP contribution in [-0.4, -0.2) is 0 Å². The third-order valence-electron chi connectivity index (χ3n) is 14.0. The predicted molar refractivity (Wildman–Crippen MR) is 257 cm³/mol. The molecule has 7 aromatic carbocycles. The summed E-state index contributed by atoms with van der Waals surface area (Å²) in [6, 6.07) is 63.2. The summed E-state index contributed by atoms with van der Waals surface area (Å²) < 4.78 is 0. The molecule has 7 aromatic rings. The van der Waals surface area contributed by atoms with E-state index >= 15 is 0 Å². The smallest absolute Gasteiger partial charge is 0.0467 e. The van der Waals surface area contributed by atoms with Gasteiger partial charge < -0.3 is 9.80 Å². The molecule has 9 rings (SSSR count). The Morgan fingerprint density at radius 3 is 1.05 bits per heavy atom. The Morgan fingerprint density at radius 2 is 0.583 bits per heavy atom. The van der Waals surface area contributed by atoms with Gasteiger partial charge in [-0.3, -0.25) is 0 Å². The summed E-state index contributed by atoms with van der Waals surface area (Å²) in [6.45, 7) is 19.3. The number of benzene rings is 7. The molecule has 0 aromatic heterocycles. The Labute approximate surface area is 359 Å². The van der Waals surface area contributed by atoms with Gasteiger partial charge in [-0.1, -0.05) is 152 Å².